The van der Waals surface area contributed by atoms with Gasteiger partial charge in [0.15, 0.2) is 5.13 Å². The summed E-state index contributed by atoms with van der Waals surface area (Å²) in [6.07, 6.45) is -0.321. The van der Waals surface area contributed by atoms with Crippen LogP contribution in [0, 0.1) is 0 Å². The van der Waals surface area contributed by atoms with Gasteiger partial charge in [-0.15, -0.1) is 0 Å². The third kappa shape index (κ3) is 3.53. The van der Waals surface area contributed by atoms with Gasteiger partial charge in [0.05, 0.1) is 16.8 Å². The van der Waals surface area contributed by atoms with Crippen LogP contribution in [0.15, 0.2) is 24.3 Å². The molecule has 1 aromatic heterocycles. The lowest BCUT2D eigenvalue weighted by Gasteiger charge is -2.33. The highest BCUT2D eigenvalue weighted by atomic mass is 32.1. The van der Waals surface area contributed by atoms with E-state index in [4.69, 9.17) is 4.74 Å². The molecule has 1 aliphatic heterocycles. The first-order valence-corrected chi connectivity index (χ1v) is 8.32. The number of para-hydroxylation sites is 1. The van der Waals surface area contributed by atoms with E-state index >= 15 is 0 Å². The molecule has 0 radical (unpaired) electrons. The van der Waals surface area contributed by atoms with Gasteiger partial charge in [0.1, 0.15) is 0 Å². The molecule has 1 N–H and O–H groups in total. The van der Waals surface area contributed by atoms with Crippen molar-refractivity contribution >= 4 is 38.8 Å². The number of nitrogens with one attached hydrogen (secondary N) is 1. The third-order valence-electron chi connectivity index (χ3n) is 3.60. The number of carbonyl (C=O) groups is 2. The largest absolute Gasteiger partial charge is 0.450 e. The molecule has 8 heteroatoms. The predicted octanol–water partition coefficient (Wildman–Crippen LogP) is 2.60. The molecule has 0 unspecified atom stereocenters. The molecule has 0 bridgehead atoms. The second kappa shape index (κ2) is 6.82. The normalized spacial score (nSPS) is 14.8. The van der Waals surface area contributed by atoms with E-state index in [1.165, 1.54) is 11.3 Å². The molecule has 1 saturated heterocycles. The lowest BCUT2D eigenvalue weighted by atomic mass is 10.3. The van der Waals surface area contributed by atoms with Gasteiger partial charge in [-0.2, -0.15) is 0 Å². The maximum Gasteiger partial charge on any atom is 0.409 e. The summed E-state index contributed by atoms with van der Waals surface area (Å²) in [6.45, 7) is 4.06. The van der Waals surface area contributed by atoms with E-state index in [1.54, 1.807) is 16.7 Å². The zero-order valence-electron chi connectivity index (χ0n) is 12.8. The Labute approximate surface area is 137 Å². The van der Waals surface area contributed by atoms with Crippen LogP contribution in [0.25, 0.3) is 10.2 Å². The second-order valence-electron chi connectivity index (χ2n) is 5.09. The Morgan fingerprint density at radius 3 is 2.61 bits per heavy atom. The average molecular weight is 334 g/mol. The topological polar surface area (TPSA) is 74.8 Å². The van der Waals surface area contributed by atoms with Crippen LogP contribution < -0.4 is 5.32 Å². The first-order chi connectivity index (χ1) is 11.2. The summed E-state index contributed by atoms with van der Waals surface area (Å²) in [4.78, 5) is 31.6. The molecule has 1 aromatic carbocycles. The van der Waals surface area contributed by atoms with Gasteiger partial charge in [-0.05, 0) is 19.1 Å². The van der Waals surface area contributed by atoms with Crippen molar-refractivity contribution in [1.29, 1.82) is 0 Å². The zero-order chi connectivity index (χ0) is 16.2. The van der Waals surface area contributed by atoms with E-state index in [9.17, 15) is 9.59 Å². The number of piperazine rings is 1. The number of urea groups is 1. The highest BCUT2D eigenvalue weighted by Gasteiger charge is 2.25. The molecule has 0 aliphatic carbocycles. The quantitative estimate of drug-likeness (QED) is 0.916. The fourth-order valence-corrected chi connectivity index (χ4v) is 3.26. The number of ether oxygens (including phenoxy) is 1. The molecule has 0 atom stereocenters. The highest BCUT2D eigenvalue weighted by Crippen LogP contribution is 2.25. The predicted molar refractivity (Wildman–Crippen MR) is 88.8 cm³/mol. The summed E-state index contributed by atoms with van der Waals surface area (Å²) in [7, 11) is 0. The molecule has 2 heterocycles. The number of hydrogen-bond donors (Lipinski definition) is 1. The zero-order valence-corrected chi connectivity index (χ0v) is 13.6. The number of anilines is 1. The summed E-state index contributed by atoms with van der Waals surface area (Å²) in [5, 5.41) is 3.42. The number of aromatic nitrogens is 1. The lowest BCUT2D eigenvalue weighted by Crippen LogP contribution is -2.51. The van der Waals surface area contributed by atoms with Gasteiger partial charge in [-0.3, -0.25) is 5.32 Å². The number of fused-ring (bicyclic) bond motifs is 1. The Hall–Kier alpha value is -2.35. The van der Waals surface area contributed by atoms with Crippen LogP contribution in [0.1, 0.15) is 6.92 Å². The van der Waals surface area contributed by atoms with Crippen molar-refractivity contribution in [3.8, 4) is 0 Å². The van der Waals surface area contributed by atoms with Crippen LogP contribution in [0.2, 0.25) is 0 Å². The number of thiazole rings is 1. The number of hydrogen-bond acceptors (Lipinski definition) is 5. The van der Waals surface area contributed by atoms with Crippen LogP contribution >= 0.6 is 11.3 Å². The van der Waals surface area contributed by atoms with Crippen LogP contribution in [0.3, 0.4) is 0 Å². The smallest absolute Gasteiger partial charge is 0.409 e. The molecule has 122 valence electrons. The minimum absolute atomic E-state index is 0.187. The Morgan fingerprint density at radius 2 is 1.91 bits per heavy atom. The van der Waals surface area contributed by atoms with Crippen LogP contribution in [-0.2, 0) is 4.74 Å². The minimum atomic E-state index is -0.321. The van der Waals surface area contributed by atoms with Crippen molar-refractivity contribution in [2.24, 2.45) is 0 Å². The first-order valence-electron chi connectivity index (χ1n) is 7.50. The minimum Gasteiger partial charge on any atom is -0.450 e. The van der Waals surface area contributed by atoms with E-state index < -0.39 is 0 Å². The van der Waals surface area contributed by atoms with E-state index in [0.29, 0.717) is 37.9 Å². The number of carbonyl (C=O) groups excluding carboxylic acids is 2. The second-order valence-corrected chi connectivity index (χ2v) is 6.12. The summed E-state index contributed by atoms with van der Waals surface area (Å²) in [5.41, 5.74) is 0.875. The molecule has 3 rings (SSSR count). The summed E-state index contributed by atoms with van der Waals surface area (Å²) in [6, 6.07) is 7.57. The van der Waals surface area contributed by atoms with Crippen LogP contribution in [-0.4, -0.2) is 59.7 Å². The summed E-state index contributed by atoms with van der Waals surface area (Å²) in [5.74, 6) is 0. The maximum atomic E-state index is 12.3. The van der Waals surface area contributed by atoms with Gasteiger partial charge in [0.2, 0.25) is 0 Å². The van der Waals surface area contributed by atoms with Gasteiger partial charge >= 0.3 is 12.1 Å². The maximum absolute atomic E-state index is 12.3. The lowest BCUT2D eigenvalue weighted by molar-refractivity contribution is 0.0868. The SMILES string of the molecule is CCOC(=O)N1CCN(C(=O)Nc2nc3ccccc3s2)CC1. The van der Waals surface area contributed by atoms with Gasteiger partial charge in [0.25, 0.3) is 0 Å². The van der Waals surface area contributed by atoms with E-state index in [0.717, 1.165) is 10.2 Å². The molecule has 2 aromatic rings. The standard InChI is InChI=1S/C15H18N4O3S/c1-2-22-15(21)19-9-7-18(8-10-19)14(20)17-13-16-11-5-3-4-6-12(11)23-13/h3-6H,2,7-10H2,1H3,(H,16,17,20). The van der Waals surface area contributed by atoms with Gasteiger partial charge in [-0.1, -0.05) is 23.5 Å². The van der Waals surface area contributed by atoms with Crippen molar-refractivity contribution in [3.63, 3.8) is 0 Å². The fourth-order valence-electron chi connectivity index (χ4n) is 2.40. The van der Waals surface area contributed by atoms with Crippen molar-refractivity contribution < 1.29 is 14.3 Å². The van der Waals surface area contributed by atoms with Crippen LogP contribution in [0.5, 0.6) is 0 Å². The van der Waals surface area contributed by atoms with Crippen molar-refractivity contribution in [3.05, 3.63) is 24.3 Å². The molecule has 0 saturated carbocycles. The number of amides is 3. The number of benzene rings is 1. The summed E-state index contributed by atoms with van der Waals surface area (Å²) < 4.78 is 6.00. The van der Waals surface area contributed by atoms with Crippen molar-refractivity contribution in [1.82, 2.24) is 14.8 Å². The molecular weight excluding hydrogens is 316 g/mol. The Kier molecular flexibility index (Phi) is 4.61. The Bertz CT molecular complexity index is 677. The Morgan fingerprint density at radius 1 is 1.22 bits per heavy atom. The molecule has 1 fully saturated rings. The van der Waals surface area contributed by atoms with E-state index in [-0.39, 0.29) is 12.1 Å². The van der Waals surface area contributed by atoms with Gasteiger partial charge in [-0.25, -0.2) is 14.6 Å². The third-order valence-corrected chi connectivity index (χ3v) is 4.55. The van der Waals surface area contributed by atoms with Gasteiger partial charge < -0.3 is 14.5 Å². The molecule has 7 nitrogen and oxygen atoms in total. The van der Waals surface area contributed by atoms with Gasteiger partial charge in [0, 0.05) is 26.2 Å². The average Bonchev–Trinajstić information content (AvgIpc) is 2.97. The first kappa shape index (κ1) is 15.5. The molecule has 1 aliphatic rings. The molecule has 23 heavy (non-hydrogen) atoms. The molecular formula is C15H18N4O3S. The highest BCUT2D eigenvalue weighted by molar-refractivity contribution is 7.22. The summed E-state index contributed by atoms with van der Waals surface area (Å²) >= 11 is 1.45. The fraction of sp³-hybridized carbons (Fsp3) is 0.400. The van der Waals surface area contributed by atoms with Crippen molar-refractivity contribution in [2.75, 3.05) is 38.1 Å². The van der Waals surface area contributed by atoms with Crippen molar-refractivity contribution in [2.45, 2.75) is 6.92 Å². The molecule has 3 amide bonds. The monoisotopic (exact) mass is 334 g/mol. The van der Waals surface area contributed by atoms with E-state index in [2.05, 4.69) is 10.3 Å². The van der Waals surface area contributed by atoms with Crippen LogP contribution in [0.4, 0.5) is 14.7 Å². The number of nitrogens with zero attached hydrogens (tertiary/aromatic N) is 3. The molecule has 0 spiro atoms. The number of rotatable bonds is 2. The van der Waals surface area contributed by atoms with E-state index in [1.807, 2.05) is 24.3 Å². The Balaban J connectivity index is 1.56.